The molecule has 19 heavy (non-hydrogen) atoms. The van der Waals surface area contributed by atoms with Crippen LogP contribution in [0.4, 0.5) is 0 Å². The predicted octanol–water partition coefficient (Wildman–Crippen LogP) is 1.58. The normalized spacial score (nSPS) is 12.8. The first kappa shape index (κ1) is 13.7. The van der Waals surface area contributed by atoms with E-state index in [1.807, 2.05) is 24.5 Å². The van der Waals surface area contributed by atoms with Crippen molar-refractivity contribution >= 4 is 0 Å². The van der Waals surface area contributed by atoms with Gasteiger partial charge in [0.25, 0.3) is 0 Å². The van der Waals surface area contributed by atoms with Crippen LogP contribution in [0.5, 0.6) is 0 Å². The number of aromatic amines is 1. The standard InChI is InChI=1S/C14H20N4O/c1-10(2)13(9-19)16-7-12-8-17-18-14(12)11-4-3-5-15-6-11/h3-6,8,10,13,16,19H,7,9H2,1-2H3,(H,17,18). The average molecular weight is 260 g/mol. The van der Waals surface area contributed by atoms with Crippen molar-refractivity contribution in [3.05, 3.63) is 36.3 Å². The van der Waals surface area contributed by atoms with Crippen LogP contribution in [0.3, 0.4) is 0 Å². The van der Waals surface area contributed by atoms with E-state index in [4.69, 9.17) is 0 Å². The molecular weight excluding hydrogens is 240 g/mol. The van der Waals surface area contributed by atoms with Crippen LogP contribution in [0.15, 0.2) is 30.7 Å². The first-order valence-electron chi connectivity index (χ1n) is 6.49. The van der Waals surface area contributed by atoms with Crippen molar-refractivity contribution in [2.75, 3.05) is 6.61 Å². The van der Waals surface area contributed by atoms with E-state index in [9.17, 15) is 5.11 Å². The van der Waals surface area contributed by atoms with Gasteiger partial charge in [-0.05, 0) is 18.1 Å². The van der Waals surface area contributed by atoms with Gasteiger partial charge in [0.05, 0.1) is 18.5 Å². The second-order valence-electron chi connectivity index (χ2n) is 4.93. The minimum Gasteiger partial charge on any atom is -0.395 e. The van der Waals surface area contributed by atoms with Gasteiger partial charge in [0, 0.05) is 36.1 Å². The number of nitrogens with one attached hydrogen (secondary N) is 2. The van der Waals surface area contributed by atoms with Crippen LogP contribution in [0.25, 0.3) is 11.3 Å². The van der Waals surface area contributed by atoms with E-state index in [-0.39, 0.29) is 12.6 Å². The SMILES string of the molecule is CC(C)C(CO)NCc1cn[nH]c1-c1cccnc1. The lowest BCUT2D eigenvalue weighted by molar-refractivity contribution is 0.210. The summed E-state index contributed by atoms with van der Waals surface area (Å²) in [5.41, 5.74) is 3.06. The molecule has 0 saturated heterocycles. The first-order valence-corrected chi connectivity index (χ1v) is 6.49. The average Bonchev–Trinajstić information content (AvgIpc) is 2.88. The molecule has 0 saturated carbocycles. The zero-order valence-electron chi connectivity index (χ0n) is 11.3. The highest BCUT2D eigenvalue weighted by molar-refractivity contribution is 5.61. The number of pyridine rings is 1. The van der Waals surface area contributed by atoms with Gasteiger partial charge >= 0.3 is 0 Å². The fraction of sp³-hybridized carbons (Fsp3) is 0.429. The highest BCUT2D eigenvalue weighted by Gasteiger charge is 2.13. The molecule has 2 aromatic heterocycles. The molecule has 0 radical (unpaired) electrons. The van der Waals surface area contributed by atoms with Crippen LogP contribution < -0.4 is 5.32 Å². The first-order chi connectivity index (χ1) is 9.22. The lowest BCUT2D eigenvalue weighted by Crippen LogP contribution is -2.36. The molecule has 2 rings (SSSR count). The highest BCUT2D eigenvalue weighted by atomic mass is 16.3. The van der Waals surface area contributed by atoms with E-state index in [1.165, 1.54) is 0 Å². The molecule has 0 fully saturated rings. The predicted molar refractivity (Wildman–Crippen MR) is 74.4 cm³/mol. The Kier molecular flexibility index (Phi) is 4.65. The van der Waals surface area contributed by atoms with Gasteiger partial charge in [0.2, 0.25) is 0 Å². The zero-order valence-corrected chi connectivity index (χ0v) is 11.3. The second kappa shape index (κ2) is 6.45. The summed E-state index contributed by atoms with van der Waals surface area (Å²) >= 11 is 0. The van der Waals surface area contributed by atoms with Crippen LogP contribution in [-0.2, 0) is 6.54 Å². The quantitative estimate of drug-likeness (QED) is 0.737. The summed E-state index contributed by atoms with van der Waals surface area (Å²) in [6.07, 6.45) is 5.37. The molecule has 0 aliphatic heterocycles. The van der Waals surface area contributed by atoms with E-state index in [1.54, 1.807) is 6.20 Å². The maximum Gasteiger partial charge on any atom is 0.0710 e. The molecule has 2 aromatic rings. The Bertz CT molecular complexity index is 495. The topological polar surface area (TPSA) is 73.8 Å². The van der Waals surface area contributed by atoms with Gasteiger partial charge in [-0.15, -0.1) is 0 Å². The third kappa shape index (κ3) is 3.39. The van der Waals surface area contributed by atoms with Crippen LogP contribution in [0.2, 0.25) is 0 Å². The minimum atomic E-state index is 0.0941. The Balaban J connectivity index is 2.08. The molecule has 1 atom stereocenters. The molecular formula is C14H20N4O. The lowest BCUT2D eigenvalue weighted by Gasteiger charge is -2.19. The summed E-state index contributed by atoms with van der Waals surface area (Å²) < 4.78 is 0. The summed E-state index contributed by atoms with van der Waals surface area (Å²) in [6, 6.07) is 3.99. The Morgan fingerprint density at radius 2 is 2.21 bits per heavy atom. The number of H-pyrrole nitrogens is 1. The molecule has 1 unspecified atom stereocenters. The van der Waals surface area contributed by atoms with Gasteiger partial charge in [-0.3, -0.25) is 10.1 Å². The van der Waals surface area contributed by atoms with Crippen LogP contribution >= 0.6 is 0 Å². The highest BCUT2D eigenvalue weighted by Crippen LogP contribution is 2.19. The number of hydrogen-bond acceptors (Lipinski definition) is 4. The third-order valence-corrected chi connectivity index (χ3v) is 3.22. The molecule has 3 N–H and O–H groups in total. The minimum absolute atomic E-state index is 0.0941. The number of rotatable bonds is 6. The van der Waals surface area contributed by atoms with Crippen molar-refractivity contribution in [2.45, 2.75) is 26.4 Å². The van der Waals surface area contributed by atoms with Crippen molar-refractivity contribution < 1.29 is 5.11 Å². The summed E-state index contributed by atoms with van der Waals surface area (Å²) in [4.78, 5) is 4.11. The molecule has 0 aliphatic carbocycles. The summed E-state index contributed by atoms with van der Waals surface area (Å²) in [7, 11) is 0. The Morgan fingerprint density at radius 3 is 2.84 bits per heavy atom. The van der Waals surface area contributed by atoms with E-state index in [0.717, 1.165) is 16.8 Å². The Labute approximate surface area is 113 Å². The van der Waals surface area contributed by atoms with Gasteiger partial charge in [0.15, 0.2) is 0 Å². The van der Waals surface area contributed by atoms with Crippen molar-refractivity contribution in [2.24, 2.45) is 5.92 Å². The van der Waals surface area contributed by atoms with Gasteiger partial charge in [0.1, 0.15) is 0 Å². The Morgan fingerprint density at radius 1 is 1.37 bits per heavy atom. The molecule has 5 nitrogen and oxygen atoms in total. The molecule has 0 spiro atoms. The maximum absolute atomic E-state index is 9.32. The van der Waals surface area contributed by atoms with Gasteiger partial charge < -0.3 is 10.4 Å². The number of aliphatic hydroxyl groups is 1. The van der Waals surface area contributed by atoms with E-state index >= 15 is 0 Å². The van der Waals surface area contributed by atoms with Gasteiger partial charge in [-0.25, -0.2) is 0 Å². The molecule has 0 aromatic carbocycles. The fourth-order valence-electron chi connectivity index (χ4n) is 1.96. The van der Waals surface area contributed by atoms with Crippen LogP contribution in [0.1, 0.15) is 19.4 Å². The smallest absolute Gasteiger partial charge is 0.0710 e. The lowest BCUT2D eigenvalue weighted by atomic mass is 10.0. The Hall–Kier alpha value is -1.72. The molecule has 0 aliphatic rings. The zero-order chi connectivity index (χ0) is 13.7. The summed E-state index contributed by atoms with van der Waals surface area (Å²) in [5, 5.41) is 19.8. The van der Waals surface area contributed by atoms with Crippen molar-refractivity contribution in [1.82, 2.24) is 20.5 Å². The largest absolute Gasteiger partial charge is 0.395 e. The summed E-state index contributed by atoms with van der Waals surface area (Å²) in [5.74, 6) is 0.388. The van der Waals surface area contributed by atoms with E-state index < -0.39 is 0 Å². The third-order valence-electron chi connectivity index (χ3n) is 3.22. The second-order valence-corrected chi connectivity index (χ2v) is 4.93. The number of hydrogen-bond donors (Lipinski definition) is 3. The molecule has 5 heteroatoms. The molecule has 102 valence electrons. The number of aliphatic hydroxyl groups excluding tert-OH is 1. The van der Waals surface area contributed by atoms with Crippen LogP contribution in [-0.4, -0.2) is 32.9 Å². The molecule has 0 bridgehead atoms. The number of nitrogens with zero attached hydrogens (tertiary/aromatic N) is 2. The molecule has 2 heterocycles. The number of aromatic nitrogens is 3. The van der Waals surface area contributed by atoms with Crippen molar-refractivity contribution in [3.63, 3.8) is 0 Å². The monoisotopic (exact) mass is 260 g/mol. The fourth-order valence-corrected chi connectivity index (χ4v) is 1.96. The van der Waals surface area contributed by atoms with Gasteiger partial charge in [-0.2, -0.15) is 5.10 Å². The summed E-state index contributed by atoms with van der Waals surface area (Å²) in [6.45, 7) is 4.98. The van der Waals surface area contributed by atoms with Gasteiger partial charge in [-0.1, -0.05) is 13.8 Å². The van der Waals surface area contributed by atoms with Crippen molar-refractivity contribution in [3.8, 4) is 11.3 Å². The van der Waals surface area contributed by atoms with Crippen LogP contribution in [0, 0.1) is 5.92 Å². The maximum atomic E-state index is 9.32. The van der Waals surface area contributed by atoms with Crippen molar-refractivity contribution in [1.29, 1.82) is 0 Å². The molecule has 0 amide bonds. The van der Waals surface area contributed by atoms with E-state index in [2.05, 4.69) is 34.3 Å². The van der Waals surface area contributed by atoms with E-state index in [0.29, 0.717) is 12.5 Å².